The van der Waals surface area contributed by atoms with Gasteiger partial charge < -0.3 is 10.2 Å². The molecule has 2 rings (SSSR count). The molecule has 0 fully saturated rings. The first-order valence-corrected chi connectivity index (χ1v) is 7.52. The highest BCUT2D eigenvalue weighted by Gasteiger charge is 2.14. The number of rotatable bonds is 6. The third-order valence-corrected chi connectivity index (χ3v) is 3.26. The summed E-state index contributed by atoms with van der Waals surface area (Å²) in [5, 5.41) is 3.35. The van der Waals surface area contributed by atoms with Gasteiger partial charge in [-0.25, -0.2) is 0 Å². The Morgan fingerprint density at radius 2 is 1.90 bits per heavy atom. The van der Waals surface area contributed by atoms with Crippen molar-refractivity contribution in [3.63, 3.8) is 0 Å². The molecule has 6 heteroatoms. The minimum atomic E-state index is 0.200. The summed E-state index contributed by atoms with van der Waals surface area (Å²) in [5.41, 5.74) is 2.24. The molecule has 0 saturated carbocycles. The van der Waals surface area contributed by atoms with Crippen LogP contribution in [0.25, 0.3) is 0 Å². The highest BCUT2D eigenvalue weighted by atomic mass is 35.5. The molecule has 5 nitrogen and oxygen atoms in total. The fourth-order valence-electron chi connectivity index (χ4n) is 2.06. The van der Waals surface area contributed by atoms with Gasteiger partial charge in [-0.1, -0.05) is 25.1 Å². The minimum Gasteiger partial charge on any atom is -0.354 e. The SMILES string of the molecule is CCCNc1nc(Cl)nc(N(CC)c2ccccc2C)n1. The Morgan fingerprint density at radius 3 is 2.57 bits per heavy atom. The number of para-hydroxylation sites is 1. The van der Waals surface area contributed by atoms with E-state index in [9.17, 15) is 0 Å². The summed E-state index contributed by atoms with van der Waals surface area (Å²) in [4.78, 5) is 14.9. The van der Waals surface area contributed by atoms with Crippen LogP contribution in [-0.4, -0.2) is 28.0 Å². The molecule has 0 saturated heterocycles. The van der Waals surface area contributed by atoms with E-state index in [1.165, 1.54) is 5.56 Å². The molecule has 1 heterocycles. The van der Waals surface area contributed by atoms with Gasteiger partial charge in [-0.3, -0.25) is 0 Å². The number of nitrogens with zero attached hydrogens (tertiary/aromatic N) is 4. The summed E-state index contributed by atoms with van der Waals surface area (Å²) in [6.07, 6.45) is 0.994. The van der Waals surface area contributed by atoms with E-state index in [1.807, 2.05) is 17.0 Å². The van der Waals surface area contributed by atoms with Crippen LogP contribution in [-0.2, 0) is 0 Å². The molecule has 2 aromatic rings. The molecule has 1 aromatic carbocycles. The van der Waals surface area contributed by atoms with Crippen LogP contribution in [0.4, 0.5) is 17.6 Å². The molecule has 0 atom stereocenters. The van der Waals surface area contributed by atoms with Gasteiger partial charge in [0.05, 0.1) is 0 Å². The monoisotopic (exact) mass is 305 g/mol. The summed E-state index contributed by atoms with van der Waals surface area (Å²) in [6.45, 7) is 7.76. The first-order chi connectivity index (χ1) is 10.2. The van der Waals surface area contributed by atoms with Crippen LogP contribution in [0, 0.1) is 6.92 Å². The van der Waals surface area contributed by atoms with E-state index >= 15 is 0 Å². The molecular weight excluding hydrogens is 286 g/mol. The van der Waals surface area contributed by atoms with Crippen molar-refractivity contribution < 1.29 is 0 Å². The summed E-state index contributed by atoms with van der Waals surface area (Å²) < 4.78 is 0. The molecule has 1 N–H and O–H groups in total. The number of anilines is 3. The van der Waals surface area contributed by atoms with Gasteiger partial charge in [0.25, 0.3) is 0 Å². The van der Waals surface area contributed by atoms with E-state index in [4.69, 9.17) is 11.6 Å². The first-order valence-electron chi connectivity index (χ1n) is 7.14. The third kappa shape index (κ3) is 3.82. The molecule has 112 valence electrons. The highest BCUT2D eigenvalue weighted by Crippen LogP contribution is 2.26. The van der Waals surface area contributed by atoms with Crippen LogP contribution in [0.3, 0.4) is 0 Å². The van der Waals surface area contributed by atoms with Gasteiger partial charge in [-0.05, 0) is 43.5 Å². The van der Waals surface area contributed by atoms with Crippen molar-refractivity contribution in [2.75, 3.05) is 23.3 Å². The minimum absolute atomic E-state index is 0.200. The maximum absolute atomic E-state index is 6.03. The first kappa shape index (κ1) is 15.5. The average molecular weight is 306 g/mol. The van der Waals surface area contributed by atoms with Crippen LogP contribution in [0.15, 0.2) is 24.3 Å². The molecule has 0 amide bonds. The predicted octanol–water partition coefficient (Wildman–Crippen LogP) is 3.81. The second-order valence-corrected chi connectivity index (χ2v) is 5.02. The van der Waals surface area contributed by atoms with E-state index in [-0.39, 0.29) is 5.28 Å². The number of hydrogen-bond donors (Lipinski definition) is 1. The zero-order valence-corrected chi connectivity index (χ0v) is 13.4. The summed E-state index contributed by atoms with van der Waals surface area (Å²) in [6, 6.07) is 8.14. The Kier molecular flexibility index (Phi) is 5.33. The lowest BCUT2D eigenvalue weighted by molar-refractivity contribution is 0.898. The molecule has 0 bridgehead atoms. The number of hydrogen-bond acceptors (Lipinski definition) is 5. The zero-order chi connectivity index (χ0) is 15.2. The lowest BCUT2D eigenvalue weighted by atomic mass is 10.2. The van der Waals surface area contributed by atoms with Crippen molar-refractivity contribution in [3.8, 4) is 0 Å². The van der Waals surface area contributed by atoms with Gasteiger partial charge in [-0.2, -0.15) is 15.0 Å². The lowest BCUT2D eigenvalue weighted by Gasteiger charge is -2.23. The Bertz CT molecular complexity index is 602. The third-order valence-electron chi connectivity index (χ3n) is 3.09. The van der Waals surface area contributed by atoms with Crippen molar-refractivity contribution in [1.82, 2.24) is 15.0 Å². The van der Waals surface area contributed by atoms with Crippen molar-refractivity contribution in [2.45, 2.75) is 27.2 Å². The molecule has 0 aliphatic rings. The number of nitrogens with one attached hydrogen (secondary N) is 1. The van der Waals surface area contributed by atoms with Crippen LogP contribution >= 0.6 is 11.6 Å². The Hall–Kier alpha value is -1.88. The van der Waals surface area contributed by atoms with Gasteiger partial charge in [-0.15, -0.1) is 0 Å². The van der Waals surface area contributed by atoms with Crippen molar-refractivity contribution in [2.24, 2.45) is 0 Å². The number of halogens is 1. The quantitative estimate of drug-likeness (QED) is 0.879. The Balaban J connectivity index is 2.38. The lowest BCUT2D eigenvalue weighted by Crippen LogP contribution is -2.21. The largest absolute Gasteiger partial charge is 0.354 e. The van der Waals surface area contributed by atoms with Crippen LogP contribution in [0.5, 0.6) is 0 Å². The van der Waals surface area contributed by atoms with Gasteiger partial charge in [0, 0.05) is 18.8 Å². The highest BCUT2D eigenvalue weighted by molar-refractivity contribution is 6.28. The van der Waals surface area contributed by atoms with E-state index in [0.29, 0.717) is 11.9 Å². The molecule has 0 spiro atoms. The van der Waals surface area contributed by atoms with E-state index < -0.39 is 0 Å². The second-order valence-electron chi connectivity index (χ2n) is 4.69. The van der Waals surface area contributed by atoms with Gasteiger partial charge >= 0.3 is 0 Å². The fraction of sp³-hybridized carbons (Fsp3) is 0.400. The molecule has 0 aliphatic carbocycles. The van der Waals surface area contributed by atoms with Crippen LogP contribution in [0.1, 0.15) is 25.8 Å². The molecule has 0 unspecified atom stereocenters. The summed E-state index contributed by atoms with van der Waals surface area (Å²) >= 11 is 6.03. The van der Waals surface area contributed by atoms with Crippen LogP contribution in [0.2, 0.25) is 5.28 Å². The van der Waals surface area contributed by atoms with E-state index in [0.717, 1.165) is 25.2 Å². The number of aromatic nitrogens is 3. The number of aryl methyl sites for hydroxylation is 1. The number of benzene rings is 1. The summed E-state index contributed by atoms with van der Waals surface area (Å²) in [5.74, 6) is 1.07. The normalized spacial score (nSPS) is 10.5. The van der Waals surface area contributed by atoms with Crippen molar-refractivity contribution in [1.29, 1.82) is 0 Å². The Morgan fingerprint density at radius 1 is 1.14 bits per heavy atom. The second kappa shape index (κ2) is 7.22. The van der Waals surface area contributed by atoms with Crippen molar-refractivity contribution in [3.05, 3.63) is 35.1 Å². The fourth-order valence-corrected chi connectivity index (χ4v) is 2.22. The standard InChI is InChI=1S/C15H20ClN5/c1-4-10-17-14-18-13(16)19-15(20-14)21(5-2)12-9-7-6-8-11(12)3/h6-9H,4-5,10H2,1-3H3,(H,17,18,19,20). The smallest absolute Gasteiger partial charge is 0.236 e. The predicted molar refractivity (Wildman–Crippen MR) is 87.5 cm³/mol. The molecule has 21 heavy (non-hydrogen) atoms. The summed E-state index contributed by atoms with van der Waals surface area (Å²) in [7, 11) is 0. The maximum atomic E-state index is 6.03. The van der Waals surface area contributed by atoms with Gasteiger partial charge in [0.15, 0.2) is 0 Å². The molecular formula is C15H20ClN5. The Labute approximate surface area is 130 Å². The van der Waals surface area contributed by atoms with Gasteiger partial charge in [0.2, 0.25) is 17.2 Å². The maximum Gasteiger partial charge on any atom is 0.236 e. The van der Waals surface area contributed by atoms with Gasteiger partial charge in [0.1, 0.15) is 0 Å². The molecule has 1 aromatic heterocycles. The van der Waals surface area contributed by atoms with E-state index in [1.54, 1.807) is 0 Å². The van der Waals surface area contributed by atoms with Crippen molar-refractivity contribution >= 4 is 29.2 Å². The average Bonchev–Trinajstić information content (AvgIpc) is 2.47. The van der Waals surface area contributed by atoms with E-state index in [2.05, 4.69) is 53.2 Å². The van der Waals surface area contributed by atoms with Crippen LogP contribution < -0.4 is 10.2 Å². The molecule has 0 aliphatic heterocycles. The zero-order valence-electron chi connectivity index (χ0n) is 12.6. The molecule has 0 radical (unpaired) electrons. The topological polar surface area (TPSA) is 53.9 Å².